The third-order valence-corrected chi connectivity index (χ3v) is 3.50. The van der Waals surface area contributed by atoms with Crippen molar-refractivity contribution in [1.82, 2.24) is 5.48 Å². The van der Waals surface area contributed by atoms with Crippen LogP contribution in [0.15, 0.2) is 54.6 Å². The molecule has 2 aromatic rings. The van der Waals surface area contributed by atoms with E-state index in [0.29, 0.717) is 13.0 Å². The summed E-state index contributed by atoms with van der Waals surface area (Å²) < 4.78 is 0. The molecule has 0 radical (unpaired) electrons. The molecule has 2 atom stereocenters. The van der Waals surface area contributed by atoms with Gasteiger partial charge >= 0.3 is 0 Å². The average molecular weight is 255 g/mol. The number of benzene rings is 2. The number of fused-ring (bicyclic) bond motifs is 1. The molecule has 1 aliphatic rings. The second-order valence-corrected chi connectivity index (χ2v) is 4.84. The molecule has 3 rings (SSSR count). The van der Waals surface area contributed by atoms with Gasteiger partial charge in [-0.05, 0) is 16.7 Å². The Morgan fingerprint density at radius 3 is 2.63 bits per heavy atom. The molecular formula is C16H17NO2. The maximum absolute atomic E-state index is 10.1. The van der Waals surface area contributed by atoms with Crippen molar-refractivity contribution in [2.75, 3.05) is 0 Å². The standard InChI is InChI=1S/C16H17NO2/c18-15-10-13-8-4-5-9-14(13)16(15)17-19-11-12-6-2-1-3-7-12/h1-9,15-18H,10-11H2/t15-,16+/m0/s1. The molecule has 0 aromatic heterocycles. The number of nitrogens with one attached hydrogen (secondary N) is 1. The summed E-state index contributed by atoms with van der Waals surface area (Å²) in [5.41, 5.74) is 6.41. The van der Waals surface area contributed by atoms with E-state index >= 15 is 0 Å². The van der Waals surface area contributed by atoms with Gasteiger partial charge in [0.15, 0.2) is 0 Å². The monoisotopic (exact) mass is 255 g/mol. The lowest BCUT2D eigenvalue weighted by atomic mass is 10.1. The van der Waals surface area contributed by atoms with E-state index in [1.54, 1.807) is 0 Å². The molecule has 0 amide bonds. The first-order valence-electron chi connectivity index (χ1n) is 6.52. The Balaban J connectivity index is 1.61. The van der Waals surface area contributed by atoms with Crippen LogP contribution in [-0.4, -0.2) is 11.2 Å². The van der Waals surface area contributed by atoms with Gasteiger partial charge in [0.2, 0.25) is 0 Å². The van der Waals surface area contributed by atoms with Gasteiger partial charge in [-0.2, -0.15) is 5.48 Å². The van der Waals surface area contributed by atoms with Crippen molar-refractivity contribution >= 4 is 0 Å². The highest BCUT2D eigenvalue weighted by Gasteiger charge is 2.30. The fourth-order valence-corrected chi connectivity index (χ4v) is 2.50. The molecule has 0 aliphatic heterocycles. The highest BCUT2D eigenvalue weighted by atomic mass is 16.6. The van der Waals surface area contributed by atoms with Gasteiger partial charge in [0.05, 0.1) is 18.8 Å². The first kappa shape index (κ1) is 12.4. The zero-order valence-electron chi connectivity index (χ0n) is 10.6. The second-order valence-electron chi connectivity index (χ2n) is 4.84. The van der Waals surface area contributed by atoms with E-state index in [9.17, 15) is 5.11 Å². The van der Waals surface area contributed by atoms with Gasteiger partial charge in [-0.25, -0.2) is 0 Å². The lowest BCUT2D eigenvalue weighted by Gasteiger charge is -2.17. The quantitative estimate of drug-likeness (QED) is 0.824. The molecule has 0 spiro atoms. The van der Waals surface area contributed by atoms with Crippen LogP contribution < -0.4 is 5.48 Å². The second kappa shape index (κ2) is 5.53. The van der Waals surface area contributed by atoms with Gasteiger partial charge in [-0.1, -0.05) is 54.6 Å². The van der Waals surface area contributed by atoms with Crippen LogP contribution in [0.25, 0.3) is 0 Å². The van der Waals surface area contributed by atoms with E-state index in [4.69, 9.17) is 4.84 Å². The van der Waals surface area contributed by atoms with Gasteiger partial charge in [0, 0.05) is 6.42 Å². The van der Waals surface area contributed by atoms with Crippen LogP contribution in [0, 0.1) is 0 Å². The molecule has 19 heavy (non-hydrogen) atoms. The molecule has 98 valence electrons. The normalized spacial score (nSPS) is 21.3. The van der Waals surface area contributed by atoms with Crippen LogP contribution in [0.4, 0.5) is 0 Å². The minimum Gasteiger partial charge on any atom is -0.391 e. The Morgan fingerprint density at radius 1 is 1.05 bits per heavy atom. The fourth-order valence-electron chi connectivity index (χ4n) is 2.50. The molecule has 0 fully saturated rings. The predicted molar refractivity (Wildman–Crippen MR) is 73.3 cm³/mol. The molecule has 2 aromatic carbocycles. The van der Waals surface area contributed by atoms with Crippen molar-refractivity contribution in [1.29, 1.82) is 0 Å². The summed E-state index contributed by atoms with van der Waals surface area (Å²) in [5.74, 6) is 0. The Hall–Kier alpha value is -1.68. The maximum Gasteiger partial charge on any atom is 0.0933 e. The Kier molecular flexibility index (Phi) is 3.60. The number of aliphatic hydroxyl groups is 1. The Morgan fingerprint density at radius 2 is 1.79 bits per heavy atom. The van der Waals surface area contributed by atoms with E-state index in [0.717, 1.165) is 11.1 Å². The molecular weight excluding hydrogens is 238 g/mol. The van der Waals surface area contributed by atoms with E-state index in [-0.39, 0.29) is 6.04 Å². The SMILES string of the molecule is O[C@H]1Cc2ccccc2[C@H]1NOCc1ccccc1. The summed E-state index contributed by atoms with van der Waals surface area (Å²) in [6, 6.07) is 17.9. The first-order valence-corrected chi connectivity index (χ1v) is 6.52. The first-order chi connectivity index (χ1) is 9.34. The van der Waals surface area contributed by atoms with E-state index in [2.05, 4.69) is 11.5 Å². The van der Waals surface area contributed by atoms with Gasteiger partial charge < -0.3 is 5.11 Å². The molecule has 2 N–H and O–H groups in total. The van der Waals surface area contributed by atoms with Gasteiger partial charge in [-0.15, -0.1) is 0 Å². The third-order valence-electron chi connectivity index (χ3n) is 3.50. The van der Waals surface area contributed by atoms with E-state index < -0.39 is 6.10 Å². The number of hydrogen-bond acceptors (Lipinski definition) is 3. The predicted octanol–water partition coefficient (Wildman–Crippen LogP) is 2.37. The fraction of sp³-hybridized carbons (Fsp3) is 0.250. The van der Waals surface area contributed by atoms with Crippen molar-refractivity contribution in [3.63, 3.8) is 0 Å². The van der Waals surface area contributed by atoms with Crippen LogP contribution in [-0.2, 0) is 17.9 Å². The van der Waals surface area contributed by atoms with Crippen molar-refractivity contribution in [3.8, 4) is 0 Å². The average Bonchev–Trinajstić information content (AvgIpc) is 2.76. The Labute approximate surface area is 112 Å². The van der Waals surface area contributed by atoms with Crippen LogP contribution in [0.3, 0.4) is 0 Å². The largest absolute Gasteiger partial charge is 0.391 e. The summed E-state index contributed by atoms with van der Waals surface area (Å²) >= 11 is 0. The van der Waals surface area contributed by atoms with Gasteiger partial charge in [0.25, 0.3) is 0 Å². The number of rotatable bonds is 4. The molecule has 1 aliphatic carbocycles. The smallest absolute Gasteiger partial charge is 0.0933 e. The molecule has 0 heterocycles. The zero-order chi connectivity index (χ0) is 13.1. The highest BCUT2D eigenvalue weighted by Crippen LogP contribution is 2.31. The molecule has 3 nitrogen and oxygen atoms in total. The van der Waals surface area contributed by atoms with E-state index in [1.165, 1.54) is 5.56 Å². The summed E-state index contributed by atoms with van der Waals surface area (Å²) in [7, 11) is 0. The molecule has 0 bridgehead atoms. The van der Waals surface area contributed by atoms with Crippen molar-refractivity contribution < 1.29 is 9.94 Å². The summed E-state index contributed by atoms with van der Waals surface area (Å²) in [5, 5.41) is 10.1. The number of hydrogen-bond donors (Lipinski definition) is 2. The molecule has 0 saturated heterocycles. The molecule has 3 heteroatoms. The lowest BCUT2D eigenvalue weighted by molar-refractivity contribution is -0.0277. The minimum atomic E-state index is -0.423. The molecule has 0 saturated carbocycles. The van der Waals surface area contributed by atoms with Crippen molar-refractivity contribution in [2.45, 2.75) is 25.2 Å². The minimum absolute atomic E-state index is 0.139. The van der Waals surface area contributed by atoms with Crippen LogP contribution in [0.2, 0.25) is 0 Å². The Bertz CT molecular complexity index is 541. The third kappa shape index (κ3) is 2.68. The van der Waals surface area contributed by atoms with Crippen LogP contribution in [0.1, 0.15) is 22.7 Å². The zero-order valence-corrected chi connectivity index (χ0v) is 10.6. The van der Waals surface area contributed by atoms with Crippen molar-refractivity contribution in [3.05, 3.63) is 71.3 Å². The van der Waals surface area contributed by atoms with Gasteiger partial charge in [-0.3, -0.25) is 4.84 Å². The van der Waals surface area contributed by atoms with Gasteiger partial charge in [0.1, 0.15) is 0 Å². The van der Waals surface area contributed by atoms with Crippen LogP contribution in [0.5, 0.6) is 0 Å². The summed E-state index contributed by atoms with van der Waals surface area (Å²) in [6.45, 7) is 0.492. The highest BCUT2D eigenvalue weighted by molar-refractivity contribution is 5.36. The van der Waals surface area contributed by atoms with Crippen molar-refractivity contribution in [2.24, 2.45) is 0 Å². The number of hydroxylamine groups is 1. The van der Waals surface area contributed by atoms with E-state index in [1.807, 2.05) is 48.5 Å². The maximum atomic E-state index is 10.1. The van der Waals surface area contributed by atoms with Crippen LogP contribution >= 0.6 is 0 Å². The number of aliphatic hydroxyl groups excluding tert-OH is 1. The molecule has 0 unspecified atom stereocenters. The topological polar surface area (TPSA) is 41.5 Å². The summed E-state index contributed by atoms with van der Waals surface area (Å²) in [4.78, 5) is 5.52. The lowest BCUT2D eigenvalue weighted by Crippen LogP contribution is -2.28. The summed E-state index contributed by atoms with van der Waals surface area (Å²) in [6.07, 6.45) is 0.260.